The van der Waals surface area contributed by atoms with E-state index in [9.17, 15) is 24.0 Å². The first-order chi connectivity index (χ1) is 13.7. The molecule has 0 aliphatic carbocycles. The van der Waals surface area contributed by atoms with Crippen LogP contribution < -0.4 is 21.5 Å². The second-order valence-electron chi connectivity index (χ2n) is 6.15. The lowest BCUT2D eigenvalue weighted by molar-refractivity contribution is -0.137. The van der Waals surface area contributed by atoms with Crippen LogP contribution in [0.4, 0.5) is 5.69 Å². The predicted octanol–water partition coefficient (Wildman–Crippen LogP) is -0.274. The fraction of sp³-hybridized carbons (Fsp3) is 0.211. The number of hydrogen-bond donors (Lipinski definition) is 4. The lowest BCUT2D eigenvalue weighted by atomic mass is 10.2. The third-order valence-corrected chi connectivity index (χ3v) is 3.74. The molecule has 0 spiro atoms. The van der Waals surface area contributed by atoms with Crippen molar-refractivity contribution in [3.63, 3.8) is 0 Å². The number of aromatic nitrogens is 1. The van der Waals surface area contributed by atoms with E-state index in [1.54, 1.807) is 13.0 Å². The number of pyridine rings is 1. The molecule has 10 nitrogen and oxygen atoms in total. The fourth-order valence-corrected chi connectivity index (χ4v) is 2.30. The number of nitrogens with one attached hydrogen (secondary N) is 3. The Bertz CT molecular complexity index is 981. The van der Waals surface area contributed by atoms with Gasteiger partial charge in [-0.25, -0.2) is 0 Å². The minimum Gasteiger partial charge on any atom is -0.480 e. The van der Waals surface area contributed by atoms with Gasteiger partial charge in [-0.2, -0.15) is 0 Å². The Balaban J connectivity index is 1.86. The second kappa shape index (κ2) is 9.83. The largest absolute Gasteiger partial charge is 0.480 e. The zero-order valence-electron chi connectivity index (χ0n) is 15.6. The van der Waals surface area contributed by atoms with Gasteiger partial charge < -0.3 is 25.6 Å². The Morgan fingerprint density at radius 2 is 1.66 bits per heavy atom. The van der Waals surface area contributed by atoms with Crippen LogP contribution in [-0.4, -0.2) is 46.5 Å². The number of aryl methyl sites for hydroxylation is 1. The zero-order chi connectivity index (χ0) is 21.4. The quantitative estimate of drug-likeness (QED) is 0.480. The van der Waals surface area contributed by atoms with Gasteiger partial charge in [-0.05, 0) is 42.8 Å². The molecule has 1 aromatic carbocycles. The van der Waals surface area contributed by atoms with E-state index in [1.807, 2.05) is 0 Å². The number of amides is 3. The molecule has 0 saturated carbocycles. The smallest absolute Gasteiger partial charge is 0.322 e. The maximum absolute atomic E-state index is 12.1. The van der Waals surface area contributed by atoms with Gasteiger partial charge in [0.05, 0.1) is 6.54 Å². The number of aliphatic carboxylic acids is 1. The van der Waals surface area contributed by atoms with E-state index in [0.717, 1.165) is 5.56 Å². The summed E-state index contributed by atoms with van der Waals surface area (Å²) in [6.07, 6.45) is 1.54. The number of carboxylic acid groups (broad SMARTS) is 1. The number of hydrogen-bond acceptors (Lipinski definition) is 5. The molecule has 0 aliphatic heterocycles. The van der Waals surface area contributed by atoms with Crippen LogP contribution in [0.3, 0.4) is 0 Å². The van der Waals surface area contributed by atoms with Crippen molar-refractivity contribution in [2.24, 2.45) is 0 Å². The van der Waals surface area contributed by atoms with Crippen molar-refractivity contribution in [2.75, 3.05) is 18.4 Å². The molecule has 10 heteroatoms. The number of benzene rings is 1. The van der Waals surface area contributed by atoms with Crippen LogP contribution in [0, 0.1) is 6.92 Å². The molecule has 3 amide bonds. The zero-order valence-corrected chi connectivity index (χ0v) is 15.6. The molecule has 0 unspecified atom stereocenters. The average Bonchev–Trinajstić information content (AvgIpc) is 2.67. The standard InChI is InChI=1S/C19H20N4O6/c1-12-6-7-23(17(26)8-12)11-16(25)22-14-4-2-13(3-5-14)19(29)21-9-15(24)20-10-18(27)28/h2-8H,9-11H2,1H3,(H,20,24)(H,21,29)(H,22,25)(H,27,28). The van der Waals surface area contributed by atoms with Gasteiger partial charge >= 0.3 is 5.97 Å². The minimum absolute atomic E-state index is 0.146. The highest BCUT2D eigenvalue weighted by molar-refractivity contribution is 5.97. The van der Waals surface area contributed by atoms with Crippen LogP contribution in [0.1, 0.15) is 15.9 Å². The van der Waals surface area contributed by atoms with Gasteiger partial charge in [0.25, 0.3) is 11.5 Å². The molecule has 0 atom stereocenters. The van der Waals surface area contributed by atoms with Crippen LogP contribution in [0.25, 0.3) is 0 Å². The highest BCUT2D eigenvalue weighted by Crippen LogP contribution is 2.09. The van der Waals surface area contributed by atoms with Crippen molar-refractivity contribution < 1.29 is 24.3 Å². The Morgan fingerprint density at radius 1 is 0.966 bits per heavy atom. The molecule has 0 bridgehead atoms. The summed E-state index contributed by atoms with van der Waals surface area (Å²) in [4.78, 5) is 57.6. The van der Waals surface area contributed by atoms with Crippen molar-refractivity contribution in [1.82, 2.24) is 15.2 Å². The van der Waals surface area contributed by atoms with Crippen LogP contribution in [0.2, 0.25) is 0 Å². The monoisotopic (exact) mass is 400 g/mol. The fourth-order valence-electron chi connectivity index (χ4n) is 2.30. The first kappa shape index (κ1) is 21.4. The van der Waals surface area contributed by atoms with E-state index in [2.05, 4.69) is 16.0 Å². The van der Waals surface area contributed by atoms with E-state index < -0.39 is 30.2 Å². The van der Waals surface area contributed by atoms with Gasteiger partial charge in [0.1, 0.15) is 13.1 Å². The highest BCUT2D eigenvalue weighted by Gasteiger charge is 2.10. The van der Waals surface area contributed by atoms with Crippen molar-refractivity contribution in [2.45, 2.75) is 13.5 Å². The number of carbonyl (C=O) groups excluding carboxylic acids is 3. The van der Waals surface area contributed by atoms with Crippen LogP contribution in [-0.2, 0) is 20.9 Å². The number of carboxylic acids is 1. The van der Waals surface area contributed by atoms with E-state index in [0.29, 0.717) is 5.69 Å². The SMILES string of the molecule is Cc1ccn(CC(=O)Nc2ccc(C(=O)NCC(=O)NCC(=O)O)cc2)c(=O)c1. The van der Waals surface area contributed by atoms with Crippen molar-refractivity contribution in [3.05, 3.63) is 64.1 Å². The topological polar surface area (TPSA) is 147 Å². The van der Waals surface area contributed by atoms with E-state index in [-0.39, 0.29) is 24.2 Å². The Kier molecular flexibility index (Phi) is 7.24. The molecule has 0 fully saturated rings. The molecule has 1 aromatic heterocycles. The predicted molar refractivity (Wildman–Crippen MR) is 103 cm³/mol. The summed E-state index contributed by atoms with van der Waals surface area (Å²) >= 11 is 0. The van der Waals surface area contributed by atoms with Gasteiger partial charge in [-0.15, -0.1) is 0 Å². The second-order valence-corrected chi connectivity index (χ2v) is 6.15. The maximum atomic E-state index is 12.1. The summed E-state index contributed by atoms with van der Waals surface area (Å²) in [6.45, 7) is 0.743. The molecule has 2 rings (SSSR count). The molecular formula is C19H20N4O6. The van der Waals surface area contributed by atoms with Gasteiger partial charge in [-0.3, -0.25) is 24.0 Å². The first-order valence-electron chi connectivity index (χ1n) is 8.58. The van der Waals surface area contributed by atoms with Crippen molar-refractivity contribution >= 4 is 29.4 Å². The van der Waals surface area contributed by atoms with Gasteiger partial charge in [0.15, 0.2) is 0 Å². The van der Waals surface area contributed by atoms with Gasteiger partial charge in [0, 0.05) is 23.5 Å². The molecule has 2 aromatic rings. The van der Waals surface area contributed by atoms with Crippen LogP contribution >= 0.6 is 0 Å². The number of carbonyl (C=O) groups is 4. The number of rotatable bonds is 8. The summed E-state index contributed by atoms with van der Waals surface area (Å²) in [5.41, 5.74) is 1.22. The Morgan fingerprint density at radius 3 is 2.28 bits per heavy atom. The molecule has 4 N–H and O–H groups in total. The molecule has 152 valence electrons. The summed E-state index contributed by atoms with van der Waals surface area (Å²) in [5, 5.41) is 15.6. The average molecular weight is 400 g/mol. The summed E-state index contributed by atoms with van der Waals surface area (Å²) in [6, 6.07) is 9.09. The summed E-state index contributed by atoms with van der Waals surface area (Å²) in [7, 11) is 0. The highest BCUT2D eigenvalue weighted by atomic mass is 16.4. The van der Waals surface area contributed by atoms with Crippen molar-refractivity contribution in [1.29, 1.82) is 0 Å². The lowest BCUT2D eigenvalue weighted by Gasteiger charge is -2.09. The van der Waals surface area contributed by atoms with E-state index in [1.165, 1.54) is 41.1 Å². The van der Waals surface area contributed by atoms with Gasteiger partial charge in [0.2, 0.25) is 11.8 Å². The molecule has 0 aliphatic rings. The van der Waals surface area contributed by atoms with E-state index in [4.69, 9.17) is 5.11 Å². The molecule has 0 radical (unpaired) electrons. The summed E-state index contributed by atoms with van der Waals surface area (Å²) < 4.78 is 1.28. The third-order valence-electron chi connectivity index (χ3n) is 3.74. The molecule has 29 heavy (non-hydrogen) atoms. The first-order valence-corrected chi connectivity index (χ1v) is 8.58. The van der Waals surface area contributed by atoms with E-state index >= 15 is 0 Å². The lowest BCUT2D eigenvalue weighted by Crippen LogP contribution is -2.39. The molecule has 0 saturated heterocycles. The number of nitrogens with zero attached hydrogens (tertiary/aromatic N) is 1. The molecule has 1 heterocycles. The molecular weight excluding hydrogens is 380 g/mol. The normalized spacial score (nSPS) is 10.1. The van der Waals surface area contributed by atoms with Crippen LogP contribution in [0.15, 0.2) is 47.4 Å². The third kappa shape index (κ3) is 6.94. The Hall–Kier alpha value is -3.95. The summed E-state index contributed by atoms with van der Waals surface area (Å²) in [5.74, 6) is -2.74. The van der Waals surface area contributed by atoms with Crippen LogP contribution in [0.5, 0.6) is 0 Å². The van der Waals surface area contributed by atoms with Crippen molar-refractivity contribution in [3.8, 4) is 0 Å². The number of anilines is 1. The Labute approximate surface area is 165 Å². The maximum Gasteiger partial charge on any atom is 0.322 e. The van der Waals surface area contributed by atoms with Gasteiger partial charge in [-0.1, -0.05) is 0 Å². The minimum atomic E-state index is -1.19.